The van der Waals surface area contributed by atoms with Gasteiger partial charge in [-0.05, 0) is 48.8 Å². The lowest BCUT2D eigenvalue weighted by atomic mass is 9.94. The maximum atomic E-state index is 13.8. The van der Waals surface area contributed by atoms with Crippen LogP contribution >= 0.6 is 0 Å². The Labute approximate surface area is 96.3 Å². The van der Waals surface area contributed by atoms with Gasteiger partial charge in [0.15, 0.2) is 0 Å². The molecule has 0 heterocycles. The summed E-state index contributed by atoms with van der Waals surface area (Å²) in [4.78, 5) is 0. The number of hydrogen-bond acceptors (Lipinski definition) is 1. The van der Waals surface area contributed by atoms with Crippen LogP contribution in [0, 0.1) is 31.0 Å². The Morgan fingerprint density at radius 2 is 1.94 bits per heavy atom. The van der Waals surface area contributed by atoms with Gasteiger partial charge in [-0.25, -0.2) is 4.39 Å². The second kappa shape index (κ2) is 3.56. The van der Waals surface area contributed by atoms with Crippen molar-refractivity contribution in [1.82, 2.24) is 0 Å². The summed E-state index contributed by atoms with van der Waals surface area (Å²) in [5, 5.41) is 10.2. The highest BCUT2D eigenvalue weighted by Gasteiger charge is 2.50. The van der Waals surface area contributed by atoms with Crippen LogP contribution in [0.1, 0.15) is 43.1 Å². The Kier molecular flexibility index (Phi) is 2.58. The Balaban J connectivity index is 2.34. The number of benzene rings is 1. The van der Waals surface area contributed by atoms with Crippen molar-refractivity contribution in [3.05, 3.63) is 34.6 Å². The zero-order chi connectivity index (χ0) is 12.1. The number of aliphatic hydroxyl groups is 1. The van der Waals surface area contributed by atoms with Gasteiger partial charge in [0, 0.05) is 5.56 Å². The van der Waals surface area contributed by atoms with Crippen LogP contribution in [-0.4, -0.2) is 5.11 Å². The second-order valence-corrected chi connectivity index (χ2v) is 5.72. The molecule has 0 amide bonds. The van der Waals surface area contributed by atoms with Crippen molar-refractivity contribution in [3.63, 3.8) is 0 Å². The van der Waals surface area contributed by atoms with Gasteiger partial charge in [-0.1, -0.05) is 19.9 Å². The van der Waals surface area contributed by atoms with Crippen LogP contribution in [0.25, 0.3) is 0 Å². The van der Waals surface area contributed by atoms with Gasteiger partial charge >= 0.3 is 0 Å². The molecule has 1 nitrogen and oxygen atoms in total. The first-order chi connectivity index (χ1) is 7.33. The number of halogens is 1. The van der Waals surface area contributed by atoms with Crippen molar-refractivity contribution in [3.8, 4) is 0 Å². The Bertz CT molecular complexity index is 400. The molecule has 1 fully saturated rings. The van der Waals surface area contributed by atoms with Crippen LogP contribution in [-0.2, 0) is 0 Å². The molecule has 2 atom stereocenters. The lowest BCUT2D eigenvalue weighted by molar-refractivity contribution is 0.133. The molecule has 1 saturated carbocycles. The predicted octanol–water partition coefficient (Wildman–Crippen LogP) is 3.52. The van der Waals surface area contributed by atoms with Crippen LogP contribution in [0.15, 0.2) is 12.1 Å². The third kappa shape index (κ3) is 1.86. The molecule has 1 aromatic carbocycles. The number of aryl methyl sites for hydroxylation is 2. The van der Waals surface area contributed by atoms with Gasteiger partial charge in [-0.15, -0.1) is 0 Å². The predicted molar refractivity (Wildman–Crippen MR) is 62.7 cm³/mol. The van der Waals surface area contributed by atoms with E-state index in [0.717, 1.165) is 17.5 Å². The van der Waals surface area contributed by atoms with E-state index in [2.05, 4.69) is 13.8 Å². The molecule has 0 spiro atoms. The van der Waals surface area contributed by atoms with Crippen LogP contribution in [0.3, 0.4) is 0 Å². The van der Waals surface area contributed by atoms with E-state index < -0.39 is 6.10 Å². The summed E-state index contributed by atoms with van der Waals surface area (Å²) in [5.41, 5.74) is 2.40. The van der Waals surface area contributed by atoms with Gasteiger partial charge < -0.3 is 5.11 Å². The molecule has 0 saturated heterocycles. The molecule has 16 heavy (non-hydrogen) atoms. The maximum absolute atomic E-state index is 13.8. The van der Waals surface area contributed by atoms with E-state index >= 15 is 0 Å². The third-order valence-corrected chi connectivity index (χ3v) is 3.75. The molecule has 0 aliphatic heterocycles. The lowest BCUT2D eigenvalue weighted by Gasteiger charge is -2.17. The molecule has 1 aliphatic carbocycles. The van der Waals surface area contributed by atoms with Gasteiger partial charge in [0.2, 0.25) is 0 Å². The molecule has 2 unspecified atom stereocenters. The van der Waals surface area contributed by atoms with E-state index in [-0.39, 0.29) is 17.2 Å². The summed E-state index contributed by atoms with van der Waals surface area (Å²) in [6, 6.07) is 3.43. The topological polar surface area (TPSA) is 20.2 Å². The zero-order valence-corrected chi connectivity index (χ0v) is 10.3. The first kappa shape index (κ1) is 11.6. The highest BCUT2D eigenvalue weighted by molar-refractivity contribution is 5.35. The highest BCUT2D eigenvalue weighted by Crippen LogP contribution is 2.58. The van der Waals surface area contributed by atoms with Crippen LogP contribution < -0.4 is 0 Å². The fourth-order valence-corrected chi connectivity index (χ4v) is 2.55. The summed E-state index contributed by atoms with van der Waals surface area (Å²) in [5.74, 6) is -0.0730. The van der Waals surface area contributed by atoms with E-state index in [1.54, 1.807) is 0 Å². The third-order valence-electron chi connectivity index (χ3n) is 3.75. The van der Waals surface area contributed by atoms with Gasteiger partial charge in [0.05, 0.1) is 6.10 Å². The molecular weight excluding hydrogens is 203 g/mol. The first-order valence-corrected chi connectivity index (χ1v) is 5.77. The fourth-order valence-electron chi connectivity index (χ4n) is 2.55. The van der Waals surface area contributed by atoms with Gasteiger partial charge in [0.25, 0.3) is 0 Å². The van der Waals surface area contributed by atoms with Crippen LogP contribution in [0.4, 0.5) is 4.39 Å². The average molecular weight is 222 g/mol. The van der Waals surface area contributed by atoms with Gasteiger partial charge in [0.1, 0.15) is 5.82 Å². The minimum absolute atomic E-state index is 0.156. The molecule has 1 aromatic rings. The standard InChI is InChI=1S/C14H19FO/c1-8-5-9(2)12(11(15)6-8)13(16)10-7-14(10,3)4/h5-6,10,13,16H,7H2,1-4H3. The molecule has 2 rings (SSSR count). The zero-order valence-electron chi connectivity index (χ0n) is 10.3. The molecule has 0 bridgehead atoms. The van der Waals surface area contributed by atoms with E-state index in [9.17, 15) is 9.50 Å². The number of rotatable bonds is 2. The van der Waals surface area contributed by atoms with Gasteiger partial charge in [-0.2, -0.15) is 0 Å². The van der Waals surface area contributed by atoms with Crippen molar-refractivity contribution in [2.75, 3.05) is 0 Å². The highest BCUT2D eigenvalue weighted by atomic mass is 19.1. The van der Waals surface area contributed by atoms with Crippen molar-refractivity contribution in [2.24, 2.45) is 11.3 Å². The summed E-state index contributed by atoms with van der Waals surface area (Å²) in [7, 11) is 0. The molecular formula is C14H19FO. The van der Waals surface area contributed by atoms with Crippen molar-refractivity contribution < 1.29 is 9.50 Å². The maximum Gasteiger partial charge on any atom is 0.129 e. The fraction of sp³-hybridized carbons (Fsp3) is 0.571. The van der Waals surface area contributed by atoms with Crippen molar-refractivity contribution >= 4 is 0 Å². The largest absolute Gasteiger partial charge is 0.388 e. The smallest absolute Gasteiger partial charge is 0.129 e. The molecule has 1 N–H and O–H groups in total. The Morgan fingerprint density at radius 3 is 2.38 bits per heavy atom. The van der Waals surface area contributed by atoms with E-state index in [1.165, 1.54) is 6.07 Å². The number of hydrogen-bond donors (Lipinski definition) is 1. The molecule has 2 heteroatoms. The van der Waals surface area contributed by atoms with E-state index in [0.29, 0.717) is 5.56 Å². The minimum Gasteiger partial charge on any atom is -0.388 e. The van der Waals surface area contributed by atoms with E-state index in [4.69, 9.17) is 0 Å². The first-order valence-electron chi connectivity index (χ1n) is 5.77. The van der Waals surface area contributed by atoms with Crippen LogP contribution in [0.5, 0.6) is 0 Å². The molecule has 88 valence electrons. The summed E-state index contributed by atoms with van der Waals surface area (Å²) < 4.78 is 13.8. The SMILES string of the molecule is Cc1cc(C)c(C(O)C2CC2(C)C)c(F)c1. The quantitative estimate of drug-likeness (QED) is 0.811. The average Bonchev–Trinajstić information content (AvgIpc) is 2.73. The minimum atomic E-state index is -0.657. The van der Waals surface area contributed by atoms with Crippen LogP contribution in [0.2, 0.25) is 0 Å². The summed E-state index contributed by atoms with van der Waals surface area (Å²) >= 11 is 0. The Morgan fingerprint density at radius 1 is 1.38 bits per heavy atom. The second-order valence-electron chi connectivity index (χ2n) is 5.72. The normalized spacial score (nSPS) is 24.2. The molecule has 0 aromatic heterocycles. The van der Waals surface area contributed by atoms with E-state index in [1.807, 2.05) is 19.9 Å². The van der Waals surface area contributed by atoms with Gasteiger partial charge in [-0.3, -0.25) is 0 Å². The molecule has 1 aliphatic rings. The number of aliphatic hydroxyl groups excluding tert-OH is 1. The molecule has 0 radical (unpaired) electrons. The summed E-state index contributed by atoms with van der Waals surface area (Å²) in [6.07, 6.45) is 0.316. The van der Waals surface area contributed by atoms with Crippen molar-refractivity contribution in [2.45, 2.75) is 40.2 Å². The lowest BCUT2D eigenvalue weighted by Crippen LogP contribution is -2.09. The summed E-state index contributed by atoms with van der Waals surface area (Å²) in [6.45, 7) is 7.96. The monoisotopic (exact) mass is 222 g/mol. The Hall–Kier alpha value is -0.890. The van der Waals surface area contributed by atoms with Crippen molar-refractivity contribution in [1.29, 1.82) is 0 Å².